The Morgan fingerprint density at radius 1 is 0.844 bits per heavy atom. The van der Waals surface area contributed by atoms with Gasteiger partial charge in [0.25, 0.3) is 11.8 Å². The average molecular weight is 426 g/mol. The maximum atomic E-state index is 14.6. The zero-order chi connectivity index (χ0) is 22.4. The van der Waals surface area contributed by atoms with E-state index in [-0.39, 0.29) is 5.69 Å². The second-order valence-corrected chi connectivity index (χ2v) is 8.38. The molecule has 2 amide bonds. The van der Waals surface area contributed by atoms with Crippen molar-refractivity contribution >= 4 is 23.1 Å². The van der Waals surface area contributed by atoms with Crippen LogP contribution in [-0.2, 0) is 22.6 Å². The lowest BCUT2D eigenvalue weighted by Gasteiger charge is -2.31. The number of hydrogen-bond acceptors (Lipinski definition) is 3. The van der Waals surface area contributed by atoms with Crippen LogP contribution in [0.25, 0.3) is 5.57 Å². The van der Waals surface area contributed by atoms with Crippen molar-refractivity contribution in [3.63, 3.8) is 0 Å². The average Bonchev–Trinajstić information content (AvgIpc) is 3.04. The van der Waals surface area contributed by atoms with Crippen LogP contribution in [0, 0.1) is 19.7 Å². The minimum Gasteiger partial charge on any atom is -0.362 e. The van der Waals surface area contributed by atoms with Crippen molar-refractivity contribution in [1.29, 1.82) is 0 Å². The first-order valence-electron chi connectivity index (χ1n) is 10.7. The molecule has 32 heavy (non-hydrogen) atoms. The van der Waals surface area contributed by atoms with Gasteiger partial charge in [-0.05, 0) is 54.7 Å². The molecule has 0 bridgehead atoms. The fraction of sp³-hybridized carbons (Fsp3) is 0.185. The van der Waals surface area contributed by atoms with Crippen molar-refractivity contribution in [1.82, 2.24) is 4.90 Å². The smallest absolute Gasteiger partial charge is 0.282 e. The Hall–Kier alpha value is -3.73. The molecule has 3 aromatic carbocycles. The van der Waals surface area contributed by atoms with Gasteiger partial charge in [-0.2, -0.15) is 0 Å². The number of carbonyl (C=O) groups is 2. The van der Waals surface area contributed by atoms with Crippen molar-refractivity contribution in [2.24, 2.45) is 0 Å². The van der Waals surface area contributed by atoms with E-state index in [1.807, 2.05) is 49.1 Å². The largest absolute Gasteiger partial charge is 0.362 e. The third-order valence-corrected chi connectivity index (χ3v) is 6.25. The fourth-order valence-electron chi connectivity index (χ4n) is 4.69. The van der Waals surface area contributed by atoms with E-state index in [0.29, 0.717) is 29.9 Å². The summed E-state index contributed by atoms with van der Waals surface area (Å²) in [7, 11) is 0. The van der Waals surface area contributed by atoms with Gasteiger partial charge in [-0.3, -0.25) is 9.59 Å². The summed E-state index contributed by atoms with van der Waals surface area (Å²) in [6.45, 7) is 5.07. The monoisotopic (exact) mass is 426 g/mol. The SMILES string of the molecule is Cc1ccc(C2=C(N3CCc4ccccc4C3)C(=O)N(c3ccccc3F)C2=O)c(C)c1. The molecule has 2 aliphatic rings. The number of imide groups is 1. The Kier molecular flexibility index (Phi) is 4.89. The first-order valence-corrected chi connectivity index (χ1v) is 10.7. The molecule has 4 nitrogen and oxygen atoms in total. The Bertz CT molecular complexity index is 1290. The number of benzene rings is 3. The molecule has 2 heterocycles. The highest BCUT2D eigenvalue weighted by molar-refractivity contribution is 6.45. The maximum absolute atomic E-state index is 14.6. The lowest BCUT2D eigenvalue weighted by atomic mass is 9.95. The first-order chi connectivity index (χ1) is 15.5. The van der Waals surface area contributed by atoms with E-state index in [2.05, 4.69) is 12.1 Å². The van der Waals surface area contributed by atoms with Gasteiger partial charge < -0.3 is 4.90 Å². The van der Waals surface area contributed by atoms with Crippen LogP contribution in [0.3, 0.4) is 0 Å². The molecule has 2 aliphatic heterocycles. The minimum atomic E-state index is -0.598. The molecule has 0 fully saturated rings. The predicted octanol–water partition coefficient (Wildman–Crippen LogP) is 4.79. The van der Waals surface area contributed by atoms with Gasteiger partial charge in [-0.1, -0.05) is 60.2 Å². The van der Waals surface area contributed by atoms with Gasteiger partial charge in [0.05, 0.1) is 11.3 Å². The van der Waals surface area contributed by atoms with E-state index in [9.17, 15) is 14.0 Å². The van der Waals surface area contributed by atoms with Crippen LogP contribution in [0.1, 0.15) is 27.8 Å². The highest BCUT2D eigenvalue weighted by Gasteiger charge is 2.44. The van der Waals surface area contributed by atoms with Crippen LogP contribution in [0.15, 0.2) is 72.4 Å². The quantitative estimate of drug-likeness (QED) is 0.566. The van der Waals surface area contributed by atoms with E-state index < -0.39 is 17.6 Å². The van der Waals surface area contributed by atoms with E-state index >= 15 is 0 Å². The molecule has 5 heteroatoms. The van der Waals surface area contributed by atoms with Gasteiger partial charge in [0.15, 0.2) is 0 Å². The molecule has 0 spiro atoms. The van der Waals surface area contributed by atoms with Gasteiger partial charge in [-0.15, -0.1) is 0 Å². The summed E-state index contributed by atoms with van der Waals surface area (Å²) in [6, 6.07) is 19.9. The van der Waals surface area contributed by atoms with Crippen molar-refractivity contribution < 1.29 is 14.0 Å². The zero-order valence-electron chi connectivity index (χ0n) is 18.1. The maximum Gasteiger partial charge on any atom is 0.282 e. The molecule has 3 aromatic rings. The third kappa shape index (κ3) is 3.21. The molecule has 0 aliphatic carbocycles. The Balaban J connectivity index is 1.67. The summed E-state index contributed by atoms with van der Waals surface area (Å²) in [6.07, 6.45) is 0.779. The number of nitrogens with zero attached hydrogens (tertiary/aromatic N) is 2. The fourth-order valence-corrected chi connectivity index (χ4v) is 4.69. The summed E-state index contributed by atoms with van der Waals surface area (Å²) >= 11 is 0. The number of fused-ring (bicyclic) bond motifs is 1. The number of para-hydroxylation sites is 1. The summed E-state index contributed by atoms with van der Waals surface area (Å²) in [5.41, 5.74) is 5.75. The normalized spacial score (nSPS) is 16.1. The highest BCUT2D eigenvalue weighted by Crippen LogP contribution is 2.38. The van der Waals surface area contributed by atoms with E-state index in [1.165, 1.54) is 17.7 Å². The standard InChI is InChI=1S/C27H23FN2O2/c1-17-11-12-21(18(2)15-17)24-25(29-14-13-19-7-3-4-8-20(19)16-29)27(32)30(26(24)31)23-10-6-5-9-22(23)28/h3-12,15H,13-14,16H2,1-2H3. The number of rotatable bonds is 3. The molecule has 0 saturated carbocycles. The highest BCUT2D eigenvalue weighted by atomic mass is 19.1. The summed E-state index contributed by atoms with van der Waals surface area (Å²) in [5.74, 6) is -1.56. The topological polar surface area (TPSA) is 40.6 Å². The molecule has 0 atom stereocenters. The molecule has 0 unspecified atom stereocenters. The second kappa shape index (κ2) is 7.75. The van der Waals surface area contributed by atoms with Crippen LogP contribution >= 0.6 is 0 Å². The van der Waals surface area contributed by atoms with Gasteiger partial charge in [0.2, 0.25) is 0 Å². The summed E-state index contributed by atoms with van der Waals surface area (Å²) < 4.78 is 14.6. The Morgan fingerprint density at radius 3 is 2.31 bits per heavy atom. The van der Waals surface area contributed by atoms with Gasteiger partial charge >= 0.3 is 0 Å². The van der Waals surface area contributed by atoms with Crippen LogP contribution in [0.5, 0.6) is 0 Å². The number of hydrogen-bond donors (Lipinski definition) is 0. The third-order valence-electron chi connectivity index (χ3n) is 6.25. The number of anilines is 1. The minimum absolute atomic E-state index is 0.0165. The molecule has 0 aromatic heterocycles. The Labute approximate surface area is 186 Å². The van der Waals surface area contributed by atoms with Crippen LogP contribution in [0.4, 0.5) is 10.1 Å². The van der Waals surface area contributed by atoms with E-state index in [4.69, 9.17) is 0 Å². The van der Waals surface area contributed by atoms with Gasteiger partial charge in [-0.25, -0.2) is 9.29 Å². The zero-order valence-corrected chi connectivity index (χ0v) is 18.1. The van der Waals surface area contributed by atoms with Crippen molar-refractivity contribution in [3.05, 3.63) is 106 Å². The van der Waals surface area contributed by atoms with Gasteiger partial charge in [0.1, 0.15) is 11.5 Å². The number of aryl methyl sites for hydroxylation is 2. The molecule has 0 radical (unpaired) electrons. The molecule has 0 N–H and O–H groups in total. The van der Waals surface area contributed by atoms with Gasteiger partial charge in [0, 0.05) is 13.1 Å². The summed E-state index contributed by atoms with van der Waals surface area (Å²) in [4.78, 5) is 30.3. The van der Waals surface area contributed by atoms with E-state index in [0.717, 1.165) is 28.0 Å². The van der Waals surface area contributed by atoms with Crippen molar-refractivity contribution in [2.75, 3.05) is 11.4 Å². The number of carbonyl (C=O) groups excluding carboxylic acids is 2. The van der Waals surface area contributed by atoms with Crippen LogP contribution < -0.4 is 4.90 Å². The predicted molar refractivity (Wildman–Crippen MR) is 122 cm³/mol. The number of amides is 2. The molecule has 160 valence electrons. The molecule has 0 saturated heterocycles. The first kappa shape index (κ1) is 20.2. The number of halogens is 1. The molecular weight excluding hydrogens is 403 g/mol. The van der Waals surface area contributed by atoms with Crippen molar-refractivity contribution in [3.8, 4) is 0 Å². The van der Waals surface area contributed by atoms with Crippen LogP contribution in [0.2, 0.25) is 0 Å². The Morgan fingerprint density at radius 2 is 1.56 bits per heavy atom. The summed E-state index contributed by atoms with van der Waals surface area (Å²) in [5, 5.41) is 0. The second-order valence-electron chi connectivity index (χ2n) is 8.38. The lowest BCUT2D eigenvalue weighted by molar-refractivity contribution is -0.120. The van der Waals surface area contributed by atoms with Crippen molar-refractivity contribution in [2.45, 2.75) is 26.8 Å². The van der Waals surface area contributed by atoms with E-state index in [1.54, 1.807) is 12.1 Å². The molecule has 5 rings (SSSR count). The molecular formula is C27H23FN2O2. The van der Waals surface area contributed by atoms with Crippen LogP contribution in [-0.4, -0.2) is 23.3 Å². The lowest BCUT2D eigenvalue weighted by Crippen LogP contribution is -2.37.